The first-order valence-electron chi connectivity index (χ1n) is 4.84. The van der Waals surface area contributed by atoms with E-state index in [-0.39, 0.29) is 16.7 Å². The predicted octanol–water partition coefficient (Wildman–Crippen LogP) is 3.00. The third kappa shape index (κ3) is 2.68. The number of nitro benzene ring substituents is 1. The van der Waals surface area contributed by atoms with Gasteiger partial charge in [0, 0.05) is 12.1 Å². The van der Waals surface area contributed by atoms with Crippen molar-refractivity contribution in [1.82, 2.24) is 0 Å². The van der Waals surface area contributed by atoms with Crippen LogP contribution in [-0.4, -0.2) is 11.0 Å². The Morgan fingerprint density at radius 2 is 1.73 bits per heavy atom. The highest BCUT2D eigenvalue weighted by Crippen LogP contribution is 2.28. The smallest absolute Gasteiger partial charge is 0.270 e. The largest absolute Gasteiger partial charge is 0.490 e. The summed E-state index contributed by atoms with van der Waals surface area (Å²) in [5, 5.41) is 10.6. The van der Waals surface area contributed by atoms with Crippen molar-refractivity contribution >= 4 is 5.69 Å². The van der Waals surface area contributed by atoms with Crippen molar-refractivity contribution in [2.75, 3.05) is 0 Å². The minimum absolute atomic E-state index is 0.0730. The second kappa shape index (κ2) is 4.29. The quantitative estimate of drug-likeness (QED) is 0.568. The maximum Gasteiger partial charge on any atom is 0.270 e. The number of hydrogen-bond donors (Lipinski definition) is 0. The molecular formula is C11H15NO3. The maximum absolute atomic E-state index is 10.6. The van der Waals surface area contributed by atoms with Crippen molar-refractivity contribution < 1.29 is 9.66 Å². The van der Waals surface area contributed by atoms with Gasteiger partial charge < -0.3 is 4.74 Å². The molecule has 0 bridgehead atoms. The number of nitro groups is 1. The van der Waals surface area contributed by atoms with Gasteiger partial charge in [0.25, 0.3) is 5.69 Å². The van der Waals surface area contributed by atoms with Crippen molar-refractivity contribution in [3.8, 4) is 5.75 Å². The molecule has 0 N–H and O–H groups in total. The van der Waals surface area contributed by atoms with Crippen LogP contribution < -0.4 is 4.74 Å². The van der Waals surface area contributed by atoms with Crippen LogP contribution in [0.2, 0.25) is 0 Å². The van der Waals surface area contributed by atoms with Crippen molar-refractivity contribution in [1.29, 1.82) is 0 Å². The molecule has 0 aromatic heterocycles. The summed E-state index contributed by atoms with van der Waals surface area (Å²) in [6, 6.07) is 3.06. The van der Waals surface area contributed by atoms with Crippen LogP contribution in [0.1, 0.15) is 25.0 Å². The summed E-state index contributed by atoms with van der Waals surface area (Å²) in [4.78, 5) is 10.2. The molecule has 1 aromatic rings. The highest BCUT2D eigenvalue weighted by molar-refractivity contribution is 5.48. The van der Waals surface area contributed by atoms with Crippen molar-refractivity contribution in [2.24, 2.45) is 0 Å². The van der Waals surface area contributed by atoms with E-state index in [0.717, 1.165) is 16.9 Å². The molecule has 0 unspecified atom stereocenters. The second-order valence-corrected chi connectivity index (χ2v) is 3.83. The molecule has 0 amide bonds. The van der Waals surface area contributed by atoms with Gasteiger partial charge in [0.1, 0.15) is 5.75 Å². The van der Waals surface area contributed by atoms with E-state index in [1.807, 2.05) is 27.7 Å². The highest BCUT2D eigenvalue weighted by Gasteiger charge is 2.13. The fourth-order valence-corrected chi connectivity index (χ4v) is 1.45. The first-order valence-corrected chi connectivity index (χ1v) is 4.84. The topological polar surface area (TPSA) is 52.4 Å². The molecule has 0 radical (unpaired) electrons. The van der Waals surface area contributed by atoms with E-state index in [2.05, 4.69) is 0 Å². The zero-order valence-electron chi connectivity index (χ0n) is 9.40. The van der Waals surface area contributed by atoms with Gasteiger partial charge in [-0.3, -0.25) is 10.1 Å². The normalized spacial score (nSPS) is 10.5. The molecule has 1 aromatic carbocycles. The van der Waals surface area contributed by atoms with Crippen LogP contribution >= 0.6 is 0 Å². The molecule has 0 spiro atoms. The summed E-state index contributed by atoms with van der Waals surface area (Å²) < 4.78 is 5.59. The third-order valence-electron chi connectivity index (χ3n) is 2.01. The number of ether oxygens (including phenoxy) is 1. The summed E-state index contributed by atoms with van der Waals surface area (Å²) in [7, 11) is 0. The van der Waals surface area contributed by atoms with Crippen LogP contribution in [-0.2, 0) is 0 Å². The molecular weight excluding hydrogens is 194 g/mol. The van der Waals surface area contributed by atoms with E-state index >= 15 is 0 Å². The van der Waals surface area contributed by atoms with Gasteiger partial charge in [-0.25, -0.2) is 0 Å². The lowest BCUT2D eigenvalue weighted by molar-refractivity contribution is -0.385. The summed E-state index contributed by atoms with van der Waals surface area (Å²) in [5.41, 5.74) is 1.71. The first kappa shape index (κ1) is 11.5. The molecule has 15 heavy (non-hydrogen) atoms. The number of nitrogens with zero attached hydrogens (tertiary/aromatic N) is 1. The number of rotatable bonds is 3. The molecule has 1 rings (SSSR count). The standard InChI is InChI=1S/C11H15NO3/c1-7(2)15-11-8(3)5-10(12(13)14)6-9(11)4/h5-7H,1-4H3. The SMILES string of the molecule is Cc1cc([N+](=O)[O-])cc(C)c1OC(C)C. The van der Waals surface area contributed by atoms with Crippen LogP contribution in [0.25, 0.3) is 0 Å². The number of benzene rings is 1. The zero-order chi connectivity index (χ0) is 11.6. The van der Waals surface area contributed by atoms with E-state index in [0.29, 0.717) is 0 Å². The van der Waals surface area contributed by atoms with Gasteiger partial charge in [-0.1, -0.05) is 0 Å². The summed E-state index contributed by atoms with van der Waals surface area (Å²) in [6.45, 7) is 7.50. The van der Waals surface area contributed by atoms with E-state index in [1.54, 1.807) is 0 Å². The number of aryl methyl sites for hydroxylation is 2. The van der Waals surface area contributed by atoms with Crippen LogP contribution in [0.5, 0.6) is 5.75 Å². The van der Waals surface area contributed by atoms with Gasteiger partial charge in [-0.2, -0.15) is 0 Å². The Bertz CT molecular complexity index is 362. The van der Waals surface area contributed by atoms with Crippen molar-refractivity contribution in [3.05, 3.63) is 33.4 Å². The summed E-state index contributed by atoms with van der Waals surface area (Å²) >= 11 is 0. The Balaban J connectivity index is 3.15. The molecule has 0 aliphatic heterocycles. The van der Waals surface area contributed by atoms with E-state index in [4.69, 9.17) is 4.74 Å². The minimum Gasteiger partial charge on any atom is -0.490 e. The van der Waals surface area contributed by atoms with Crippen LogP contribution in [0.4, 0.5) is 5.69 Å². The van der Waals surface area contributed by atoms with E-state index < -0.39 is 0 Å². The predicted molar refractivity (Wildman–Crippen MR) is 58.3 cm³/mol. The van der Waals surface area contributed by atoms with Crippen LogP contribution in [0.3, 0.4) is 0 Å². The molecule has 0 saturated heterocycles. The Morgan fingerprint density at radius 1 is 1.27 bits per heavy atom. The Kier molecular flexibility index (Phi) is 3.29. The molecule has 0 atom stereocenters. The number of non-ortho nitro benzene ring substituents is 1. The van der Waals surface area contributed by atoms with E-state index in [1.165, 1.54) is 12.1 Å². The summed E-state index contributed by atoms with van der Waals surface area (Å²) in [6.07, 6.45) is 0.0730. The molecule has 0 aliphatic carbocycles. The Morgan fingerprint density at radius 3 is 2.07 bits per heavy atom. The maximum atomic E-state index is 10.6. The van der Waals surface area contributed by atoms with Gasteiger partial charge >= 0.3 is 0 Å². The molecule has 4 heteroatoms. The minimum atomic E-state index is -0.390. The average Bonchev–Trinajstić information content (AvgIpc) is 2.10. The monoisotopic (exact) mass is 209 g/mol. The lowest BCUT2D eigenvalue weighted by Gasteiger charge is -2.14. The molecule has 0 heterocycles. The first-order chi connectivity index (χ1) is 6.91. The summed E-state index contributed by atoms with van der Waals surface area (Å²) in [5.74, 6) is 0.746. The second-order valence-electron chi connectivity index (χ2n) is 3.83. The van der Waals surface area contributed by atoms with Gasteiger partial charge in [-0.05, 0) is 38.8 Å². The van der Waals surface area contributed by atoms with Crippen LogP contribution in [0, 0.1) is 24.0 Å². The number of hydrogen-bond acceptors (Lipinski definition) is 3. The van der Waals surface area contributed by atoms with Gasteiger partial charge in [0.05, 0.1) is 11.0 Å². The van der Waals surface area contributed by atoms with Gasteiger partial charge in [-0.15, -0.1) is 0 Å². The lowest BCUT2D eigenvalue weighted by atomic mass is 10.1. The van der Waals surface area contributed by atoms with Crippen molar-refractivity contribution in [2.45, 2.75) is 33.8 Å². The van der Waals surface area contributed by atoms with E-state index in [9.17, 15) is 10.1 Å². The fourth-order valence-electron chi connectivity index (χ4n) is 1.45. The molecule has 4 nitrogen and oxygen atoms in total. The molecule has 82 valence electrons. The highest BCUT2D eigenvalue weighted by atomic mass is 16.6. The average molecular weight is 209 g/mol. The zero-order valence-corrected chi connectivity index (χ0v) is 9.40. The molecule has 0 fully saturated rings. The fraction of sp³-hybridized carbons (Fsp3) is 0.455. The van der Waals surface area contributed by atoms with Gasteiger partial charge in [0.2, 0.25) is 0 Å². The Labute approximate surface area is 89.0 Å². The molecule has 0 saturated carbocycles. The molecule has 0 aliphatic rings. The third-order valence-corrected chi connectivity index (χ3v) is 2.01. The lowest BCUT2D eigenvalue weighted by Crippen LogP contribution is -2.08. The van der Waals surface area contributed by atoms with Crippen LogP contribution in [0.15, 0.2) is 12.1 Å². The Hall–Kier alpha value is -1.58. The van der Waals surface area contributed by atoms with Crippen molar-refractivity contribution in [3.63, 3.8) is 0 Å². The van der Waals surface area contributed by atoms with Gasteiger partial charge in [0.15, 0.2) is 0 Å².